The Balaban J connectivity index is 1.82. The number of allylic oxidation sites excluding steroid dienone is 1. The van der Waals surface area contributed by atoms with E-state index in [9.17, 15) is 0 Å². The third kappa shape index (κ3) is 4.18. The van der Waals surface area contributed by atoms with Gasteiger partial charge in [-0.1, -0.05) is 0 Å². The van der Waals surface area contributed by atoms with Crippen LogP contribution >= 0.6 is 0 Å². The number of ether oxygens (including phenoxy) is 1. The number of aromatic nitrogens is 1. The summed E-state index contributed by atoms with van der Waals surface area (Å²) in [4.78, 5) is 4.31. The van der Waals surface area contributed by atoms with E-state index >= 15 is 0 Å². The summed E-state index contributed by atoms with van der Waals surface area (Å²) in [5.41, 5.74) is 7.40. The van der Waals surface area contributed by atoms with E-state index in [1.54, 1.807) is 6.20 Å². The molecule has 4 N–H and O–H groups in total. The fourth-order valence-corrected chi connectivity index (χ4v) is 3.09. The van der Waals surface area contributed by atoms with Crippen molar-refractivity contribution in [2.45, 2.75) is 57.8 Å². The molecule has 0 amide bonds. The Bertz CT molecular complexity index is 714. The van der Waals surface area contributed by atoms with Crippen LogP contribution in [0.3, 0.4) is 0 Å². The van der Waals surface area contributed by atoms with Crippen molar-refractivity contribution in [1.29, 1.82) is 5.41 Å². The third-order valence-corrected chi connectivity index (χ3v) is 5.64. The van der Waals surface area contributed by atoms with E-state index in [0.717, 1.165) is 37.2 Å². The molecule has 8 heteroatoms. The fraction of sp³-hybridized carbons (Fsp3) is 0.579. The van der Waals surface area contributed by atoms with Gasteiger partial charge in [0.1, 0.15) is 5.82 Å². The van der Waals surface area contributed by atoms with Gasteiger partial charge in [0.05, 0.1) is 11.2 Å². The smallest absolute Gasteiger partial charge is 0.399 e. The second-order valence-corrected chi connectivity index (χ2v) is 8.08. The zero-order valence-corrected chi connectivity index (χ0v) is 16.5. The SMILES string of the molecule is CC1(C)OB(c2cc(/C(C=N)=C/NC3CCOCC3)cnc2N)OC1(C)C. The van der Waals surface area contributed by atoms with Crippen LogP contribution in [0.5, 0.6) is 0 Å². The maximum atomic E-state index is 7.79. The Labute approximate surface area is 161 Å². The summed E-state index contributed by atoms with van der Waals surface area (Å²) < 4.78 is 17.6. The Morgan fingerprint density at radius 3 is 2.48 bits per heavy atom. The molecule has 27 heavy (non-hydrogen) atoms. The molecule has 0 radical (unpaired) electrons. The van der Waals surface area contributed by atoms with Gasteiger partial charge in [0.15, 0.2) is 0 Å². The molecule has 0 aliphatic carbocycles. The van der Waals surface area contributed by atoms with Crippen molar-refractivity contribution < 1.29 is 14.0 Å². The minimum absolute atomic E-state index is 0.359. The molecule has 2 saturated heterocycles. The van der Waals surface area contributed by atoms with Gasteiger partial charge >= 0.3 is 7.12 Å². The lowest BCUT2D eigenvalue weighted by Crippen LogP contribution is -2.41. The molecule has 2 fully saturated rings. The van der Waals surface area contributed by atoms with E-state index in [-0.39, 0.29) is 0 Å². The van der Waals surface area contributed by atoms with Crippen molar-refractivity contribution >= 4 is 30.2 Å². The van der Waals surface area contributed by atoms with Crippen LogP contribution in [0.25, 0.3) is 5.57 Å². The Kier molecular flexibility index (Phi) is 5.60. The molecular formula is C19H29BN4O3. The Hall–Kier alpha value is -1.90. The molecule has 0 spiro atoms. The summed E-state index contributed by atoms with van der Waals surface area (Å²) in [5.74, 6) is 0.374. The van der Waals surface area contributed by atoms with Gasteiger partial charge in [0.2, 0.25) is 0 Å². The molecule has 2 aliphatic rings. The standard InChI is InChI=1S/C19H29BN4O3/c1-18(2)19(3,4)27-20(26-18)16-9-13(11-24-17(16)22)14(10-21)12-23-15-5-7-25-8-6-15/h9-12,15,21,23H,5-8H2,1-4H3,(H2,22,24)/b14-12+,21-10?. The zero-order valence-electron chi connectivity index (χ0n) is 16.5. The Morgan fingerprint density at radius 2 is 1.89 bits per heavy atom. The minimum Gasteiger partial charge on any atom is -0.399 e. The maximum Gasteiger partial charge on any atom is 0.498 e. The van der Waals surface area contributed by atoms with Crippen LogP contribution in [0.1, 0.15) is 46.1 Å². The second-order valence-electron chi connectivity index (χ2n) is 8.08. The summed E-state index contributed by atoms with van der Waals surface area (Å²) in [6.07, 6.45) is 6.77. The van der Waals surface area contributed by atoms with Crippen LogP contribution < -0.4 is 16.5 Å². The molecule has 0 aromatic carbocycles. The first kappa shape index (κ1) is 19.9. The van der Waals surface area contributed by atoms with Gasteiger partial charge in [-0.05, 0) is 46.6 Å². The summed E-state index contributed by atoms with van der Waals surface area (Å²) >= 11 is 0. The van der Waals surface area contributed by atoms with Crippen LogP contribution in [0.2, 0.25) is 0 Å². The minimum atomic E-state index is -0.585. The molecule has 1 aromatic heterocycles. The molecule has 3 heterocycles. The van der Waals surface area contributed by atoms with Crippen molar-refractivity contribution in [1.82, 2.24) is 10.3 Å². The number of nitrogens with zero attached hydrogens (tertiary/aromatic N) is 1. The van der Waals surface area contributed by atoms with Crippen molar-refractivity contribution in [3.05, 3.63) is 24.0 Å². The van der Waals surface area contributed by atoms with Crippen molar-refractivity contribution in [3.8, 4) is 0 Å². The Morgan fingerprint density at radius 1 is 1.26 bits per heavy atom. The van der Waals surface area contributed by atoms with Gasteiger partial charge in [-0.2, -0.15) is 0 Å². The first-order valence-electron chi connectivity index (χ1n) is 9.39. The van der Waals surface area contributed by atoms with E-state index < -0.39 is 18.3 Å². The number of hydrogen-bond donors (Lipinski definition) is 3. The lowest BCUT2D eigenvalue weighted by Gasteiger charge is -2.32. The van der Waals surface area contributed by atoms with Crippen LogP contribution in [-0.4, -0.2) is 48.8 Å². The third-order valence-electron chi connectivity index (χ3n) is 5.64. The van der Waals surface area contributed by atoms with Crippen LogP contribution in [0.15, 0.2) is 18.5 Å². The average molecular weight is 372 g/mol. The summed E-state index contributed by atoms with van der Waals surface area (Å²) in [7, 11) is -0.585. The molecular weight excluding hydrogens is 343 g/mol. The average Bonchev–Trinajstić information content (AvgIpc) is 2.85. The predicted octanol–water partition coefficient (Wildman–Crippen LogP) is 1.72. The van der Waals surface area contributed by atoms with Crippen molar-refractivity contribution in [2.24, 2.45) is 0 Å². The highest BCUT2D eigenvalue weighted by Gasteiger charge is 2.52. The predicted molar refractivity (Wildman–Crippen MR) is 108 cm³/mol. The van der Waals surface area contributed by atoms with Crippen LogP contribution in [0.4, 0.5) is 5.82 Å². The highest BCUT2D eigenvalue weighted by Crippen LogP contribution is 2.36. The van der Waals surface area contributed by atoms with Gasteiger partial charge < -0.3 is 30.5 Å². The van der Waals surface area contributed by atoms with Gasteiger partial charge in [0.25, 0.3) is 0 Å². The molecule has 146 valence electrons. The highest BCUT2D eigenvalue weighted by atomic mass is 16.7. The molecule has 1 aromatic rings. The first-order valence-corrected chi connectivity index (χ1v) is 9.39. The fourth-order valence-electron chi connectivity index (χ4n) is 3.09. The summed E-state index contributed by atoms with van der Waals surface area (Å²) in [5, 5.41) is 11.2. The largest absolute Gasteiger partial charge is 0.498 e. The lowest BCUT2D eigenvalue weighted by molar-refractivity contribution is 0.00578. The summed E-state index contributed by atoms with van der Waals surface area (Å²) in [6.45, 7) is 9.53. The normalized spacial score (nSPS) is 22.7. The van der Waals surface area contributed by atoms with Gasteiger partial charge in [-0.25, -0.2) is 4.98 Å². The molecule has 3 rings (SSSR count). The van der Waals surface area contributed by atoms with Gasteiger partial charge in [-0.15, -0.1) is 0 Å². The van der Waals surface area contributed by atoms with E-state index in [2.05, 4.69) is 10.3 Å². The van der Waals surface area contributed by atoms with Crippen LogP contribution in [-0.2, 0) is 14.0 Å². The molecule has 0 unspecified atom stereocenters. The monoisotopic (exact) mass is 372 g/mol. The number of nitrogen functional groups attached to an aromatic ring is 1. The number of rotatable bonds is 5. The molecule has 0 atom stereocenters. The van der Waals surface area contributed by atoms with Crippen molar-refractivity contribution in [2.75, 3.05) is 18.9 Å². The number of anilines is 1. The van der Waals surface area contributed by atoms with E-state index in [1.807, 2.05) is 40.0 Å². The molecule has 2 aliphatic heterocycles. The van der Waals surface area contributed by atoms with Gasteiger partial charge in [0, 0.05) is 54.5 Å². The topological polar surface area (TPSA) is 102 Å². The summed E-state index contributed by atoms with van der Waals surface area (Å²) in [6, 6.07) is 2.26. The molecule has 7 nitrogen and oxygen atoms in total. The van der Waals surface area contributed by atoms with Crippen LogP contribution in [0, 0.1) is 5.41 Å². The second kappa shape index (κ2) is 7.62. The van der Waals surface area contributed by atoms with Crippen molar-refractivity contribution in [3.63, 3.8) is 0 Å². The maximum absolute atomic E-state index is 7.79. The number of hydrogen-bond acceptors (Lipinski definition) is 7. The van der Waals surface area contributed by atoms with E-state index in [0.29, 0.717) is 17.3 Å². The van der Waals surface area contributed by atoms with E-state index in [1.165, 1.54) is 6.21 Å². The first-order chi connectivity index (χ1) is 12.7. The lowest BCUT2D eigenvalue weighted by atomic mass is 9.78. The van der Waals surface area contributed by atoms with E-state index in [4.69, 9.17) is 25.2 Å². The molecule has 0 bridgehead atoms. The number of nitrogens with one attached hydrogen (secondary N) is 2. The quantitative estimate of drug-likeness (QED) is 0.537. The zero-order chi connectivity index (χ0) is 19.7. The number of pyridine rings is 1. The number of nitrogens with two attached hydrogens (primary N) is 1. The molecule has 0 saturated carbocycles. The van der Waals surface area contributed by atoms with Gasteiger partial charge in [-0.3, -0.25) is 0 Å². The highest BCUT2D eigenvalue weighted by molar-refractivity contribution is 6.63.